The van der Waals surface area contributed by atoms with Gasteiger partial charge in [0.05, 0.1) is 0 Å². The summed E-state index contributed by atoms with van der Waals surface area (Å²) in [4.78, 5) is 12.5. The van der Waals surface area contributed by atoms with E-state index >= 15 is 0 Å². The molecule has 0 bridgehead atoms. The molecule has 4 aliphatic rings. The van der Waals surface area contributed by atoms with Crippen molar-refractivity contribution in [2.75, 3.05) is 0 Å². The lowest BCUT2D eigenvalue weighted by atomic mass is 9.50. The normalized spacial score (nSPS) is 47.8. The topological polar surface area (TPSA) is 37.3 Å². The van der Waals surface area contributed by atoms with Crippen LogP contribution in [0.25, 0.3) is 0 Å². The monoisotopic (exact) mass is 366 g/mol. The van der Waals surface area contributed by atoms with Gasteiger partial charge in [0.15, 0.2) is 0 Å². The second kappa shape index (κ2) is 6.39. The van der Waals surface area contributed by atoms with E-state index in [0.717, 1.165) is 44.1 Å². The Hall–Kier alpha value is -0.770. The average Bonchev–Trinajstić information content (AvgIpc) is 2.97. The molecule has 3 saturated carbocycles. The van der Waals surface area contributed by atoms with Crippen molar-refractivity contribution < 1.29 is 18.7 Å². The van der Waals surface area contributed by atoms with Crippen molar-refractivity contribution in [1.82, 2.24) is 0 Å². The molecule has 0 radical (unpaired) electrons. The van der Waals surface area contributed by atoms with Gasteiger partial charge in [-0.3, -0.25) is 4.79 Å². The van der Waals surface area contributed by atoms with Gasteiger partial charge in [0.25, 0.3) is 6.43 Å². The number of hydrogen-bond acceptors (Lipinski definition) is 2. The summed E-state index contributed by atoms with van der Waals surface area (Å²) in [5.74, 6) is 2.83. The Labute approximate surface area is 155 Å². The number of allylic oxidation sites excluding steroid dienone is 1. The molecule has 0 heterocycles. The standard InChI is InChI=1S/C22H32F2O2/c1-3-19(25)18-7-6-17-16-5-4-13-12-22(26,20(23)24)11-9-14(13)15(16)8-10-21(17,18)2/h12,14-18,20,26H,3-11H2,1-2H3/t14-,15+,16+,17-,18+,21-,22+/m0/s1. The molecule has 4 rings (SSSR count). The van der Waals surface area contributed by atoms with E-state index in [-0.39, 0.29) is 17.8 Å². The molecule has 0 aromatic carbocycles. The zero-order valence-corrected chi connectivity index (χ0v) is 16.0. The first kappa shape index (κ1) is 18.6. The van der Waals surface area contributed by atoms with Gasteiger partial charge in [0, 0.05) is 12.3 Å². The summed E-state index contributed by atoms with van der Waals surface area (Å²) in [5, 5.41) is 10.2. The molecular weight excluding hydrogens is 334 g/mol. The molecular formula is C22H32F2O2. The smallest absolute Gasteiger partial charge is 0.270 e. The van der Waals surface area contributed by atoms with Gasteiger partial charge in [-0.1, -0.05) is 19.4 Å². The van der Waals surface area contributed by atoms with Crippen LogP contribution >= 0.6 is 0 Å². The number of rotatable bonds is 3. The molecule has 0 amide bonds. The summed E-state index contributed by atoms with van der Waals surface area (Å²) in [5.41, 5.74) is -0.676. The van der Waals surface area contributed by atoms with E-state index in [1.54, 1.807) is 0 Å². The summed E-state index contributed by atoms with van der Waals surface area (Å²) in [7, 11) is 0. The van der Waals surface area contributed by atoms with E-state index in [4.69, 9.17) is 0 Å². The number of alkyl halides is 2. The summed E-state index contributed by atoms with van der Waals surface area (Å²) in [6, 6.07) is 0. The number of carbonyl (C=O) groups is 1. The lowest BCUT2D eigenvalue weighted by Crippen LogP contribution is -2.49. The van der Waals surface area contributed by atoms with Crippen LogP contribution in [0, 0.1) is 35.0 Å². The first-order valence-electron chi connectivity index (χ1n) is 10.5. The molecule has 0 spiro atoms. The van der Waals surface area contributed by atoms with Crippen molar-refractivity contribution in [1.29, 1.82) is 0 Å². The van der Waals surface area contributed by atoms with Gasteiger partial charge in [-0.25, -0.2) is 8.78 Å². The van der Waals surface area contributed by atoms with Crippen molar-refractivity contribution in [2.45, 2.75) is 83.7 Å². The Bertz CT molecular complexity index is 615. The molecule has 4 aliphatic carbocycles. The van der Waals surface area contributed by atoms with Gasteiger partial charge in [0.2, 0.25) is 0 Å². The van der Waals surface area contributed by atoms with Gasteiger partial charge >= 0.3 is 0 Å². The maximum absolute atomic E-state index is 13.2. The third-order valence-electron chi connectivity index (χ3n) is 8.66. The minimum Gasteiger partial charge on any atom is -0.380 e. The average molecular weight is 366 g/mol. The second-order valence-electron chi connectivity index (χ2n) is 9.62. The summed E-state index contributed by atoms with van der Waals surface area (Å²) in [6.45, 7) is 4.33. The quantitative estimate of drug-likeness (QED) is 0.701. The third-order valence-corrected chi connectivity index (χ3v) is 8.66. The molecule has 0 aliphatic heterocycles. The fourth-order valence-electron chi connectivity index (χ4n) is 7.33. The number of Topliss-reactive ketones (excluding diaryl/α,β-unsaturated/α-hetero) is 1. The second-order valence-corrected chi connectivity index (χ2v) is 9.62. The van der Waals surface area contributed by atoms with Gasteiger partial charge in [-0.2, -0.15) is 0 Å². The summed E-state index contributed by atoms with van der Waals surface area (Å²) >= 11 is 0. The van der Waals surface area contributed by atoms with Crippen molar-refractivity contribution in [3.8, 4) is 0 Å². The predicted molar refractivity (Wildman–Crippen MR) is 96.8 cm³/mol. The van der Waals surface area contributed by atoms with Gasteiger partial charge < -0.3 is 5.11 Å². The number of carbonyl (C=O) groups excluding carboxylic acids is 1. The van der Waals surface area contributed by atoms with Crippen LogP contribution < -0.4 is 0 Å². The van der Waals surface area contributed by atoms with Crippen molar-refractivity contribution in [3.05, 3.63) is 11.6 Å². The minimum atomic E-state index is -2.70. The third kappa shape index (κ3) is 2.62. The highest BCUT2D eigenvalue weighted by Gasteiger charge is 2.58. The highest BCUT2D eigenvalue weighted by Crippen LogP contribution is 2.64. The highest BCUT2D eigenvalue weighted by atomic mass is 19.3. The molecule has 0 aromatic heterocycles. The van der Waals surface area contributed by atoms with E-state index in [1.807, 2.05) is 6.92 Å². The van der Waals surface area contributed by atoms with E-state index < -0.39 is 12.0 Å². The first-order chi connectivity index (χ1) is 12.3. The molecule has 3 fully saturated rings. The SMILES string of the molecule is CCC(=O)[C@H]1CC[C@H]2[C@@H]3CCC4=C[C@@](O)(C(F)F)CC[C@@H]4[C@H]3CC[C@]12C. The summed E-state index contributed by atoms with van der Waals surface area (Å²) in [6.07, 6.45) is 6.62. The number of aliphatic hydroxyl groups is 1. The lowest BCUT2D eigenvalue weighted by Gasteiger charge is -2.54. The number of ketones is 1. The molecule has 0 saturated heterocycles. The molecule has 1 N–H and O–H groups in total. The Balaban J connectivity index is 1.57. The van der Waals surface area contributed by atoms with Gasteiger partial charge in [0.1, 0.15) is 11.4 Å². The molecule has 4 heteroatoms. The zero-order valence-electron chi connectivity index (χ0n) is 16.0. The van der Waals surface area contributed by atoms with Crippen molar-refractivity contribution >= 4 is 5.78 Å². The predicted octanol–water partition coefficient (Wildman–Crippen LogP) is 5.15. The Morgan fingerprint density at radius 3 is 2.65 bits per heavy atom. The van der Waals surface area contributed by atoms with Crippen LogP contribution in [0.1, 0.15) is 71.6 Å². The molecule has 146 valence electrons. The van der Waals surface area contributed by atoms with Crippen LogP contribution in [0.3, 0.4) is 0 Å². The van der Waals surface area contributed by atoms with Crippen LogP contribution in [0.5, 0.6) is 0 Å². The van der Waals surface area contributed by atoms with E-state index in [1.165, 1.54) is 6.08 Å². The molecule has 0 aromatic rings. The maximum atomic E-state index is 13.2. The van der Waals surface area contributed by atoms with E-state index in [9.17, 15) is 18.7 Å². The fraction of sp³-hybridized carbons (Fsp3) is 0.864. The van der Waals surface area contributed by atoms with E-state index in [2.05, 4.69) is 6.92 Å². The minimum absolute atomic E-state index is 0.147. The fourth-order valence-corrected chi connectivity index (χ4v) is 7.33. The van der Waals surface area contributed by atoms with Crippen LogP contribution in [0.15, 0.2) is 11.6 Å². The summed E-state index contributed by atoms with van der Waals surface area (Å²) < 4.78 is 26.5. The Morgan fingerprint density at radius 2 is 1.96 bits per heavy atom. The lowest BCUT2D eigenvalue weighted by molar-refractivity contribution is -0.129. The Morgan fingerprint density at radius 1 is 1.19 bits per heavy atom. The molecule has 0 unspecified atom stereocenters. The van der Waals surface area contributed by atoms with Crippen LogP contribution in [-0.2, 0) is 4.79 Å². The van der Waals surface area contributed by atoms with Crippen LogP contribution in [0.2, 0.25) is 0 Å². The van der Waals surface area contributed by atoms with Crippen LogP contribution in [-0.4, -0.2) is 22.9 Å². The largest absolute Gasteiger partial charge is 0.380 e. The molecule has 2 nitrogen and oxygen atoms in total. The first-order valence-corrected chi connectivity index (χ1v) is 10.5. The highest BCUT2D eigenvalue weighted by molar-refractivity contribution is 5.82. The van der Waals surface area contributed by atoms with Crippen molar-refractivity contribution in [3.63, 3.8) is 0 Å². The molecule has 7 atom stereocenters. The van der Waals surface area contributed by atoms with E-state index in [0.29, 0.717) is 42.3 Å². The van der Waals surface area contributed by atoms with Gasteiger partial charge in [-0.15, -0.1) is 0 Å². The maximum Gasteiger partial charge on any atom is 0.270 e. The molecule has 26 heavy (non-hydrogen) atoms. The van der Waals surface area contributed by atoms with Gasteiger partial charge in [-0.05, 0) is 86.5 Å². The number of fused-ring (bicyclic) bond motifs is 5. The van der Waals surface area contributed by atoms with Crippen LogP contribution in [0.4, 0.5) is 8.78 Å². The number of hydrogen-bond donors (Lipinski definition) is 1. The number of halogens is 2. The Kier molecular flexibility index (Phi) is 4.57. The van der Waals surface area contributed by atoms with Crippen molar-refractivity contribution in [2.24, 2.45) is 35.0 Å². The zero-order chi connectivity index (χ0) is 18.7.